The third-order valence-corrected chi connectivity index (χ3v) is 0.866. The van der Waals surface area contributed by atoms with E-state index < -0.39 is 0 Å². The van der Waals surface area contributed by atoms with E-state index in [1.165, 1.54) is 12.8 Å². The average molecular weight is 235 g/mol. The molecule has 0 heterocycles. The fourth-order valence-corrected chi connectivity index (χ4v) is 0.577. The maximum Gasteiger partial charge on any atom is -0.0471 e. The highest BCUT2D eigenvalue weighted by atomic mass is 13.9. The zero-order valence-electron chi connectivity index (χ0n) is 14.4. The number of rotatable bonds is 2. The van der Waals surface area contributed by atoms with Crippen LogP contribution < -0.4 is 0 Å². The lowest BCUT2D eigenvalue weighted by Gasteiger charge is -1.95. The third kappa shape index (κ3) is 297. The molecule has 0 aromatic carbocycles. The minimum atomic E-state index is 0.898. The summed E-state index contributed by atoms with van der Waals surface area (Å²) in [6, 6.07) is 0. The molecule has 0 saturated carbocycles. The molecule has 0 aromatic heterocycles. The molecule has 0 rings (SSSR count). The zero-order valence-corrected chi connectivity index (χ0v) is 14.4. The van der Waals surface area contributed by atoms with Gasteiger partial charge in [0, 0.05) is 0 Å². The molecular weight excluding hydrogens is 192 g/mol. The highest BCUT2D eigenvalue weighted by molar-refractivity contribution is 4.38. The summed E-state index contributed by atoms with van der Waals surface area (Å²) in [5.41, 5.74) is 0. The van der Waals surface area contributed by atoms with E-state index in [1.54, 1.807) is 0 Å². The lowest BCUT2D eigenvalue weighted by Crippen LogP contribution is -1.81. The summed E-state index contributed by atoms with van der Waals surface area (Å²) in [6.07, 6.45) is 2.71. The lowest BCUT2D eigenvalue weighted by atomic mass is 10.1. The smallest absolute Gasteiger partial charge is 0.0471 e. The summed E-state index contributed by atoms with van der Waals surface area (Å²) in [7, 11) is 0. The quantitative estimate of drug-likeness (QED) is 0.438. The molecule has 0 heteroatoms. The summed E-state index contributed by atoms with van der Waals surface area (Å²) < 4.78 is 0. The van der Waals surface area contributed by atoms with Crippen LogP contribution in [0.3, 0.4) is 0 Å². The van der Waals surface area contributed by atoms with Crippen LogP contribution in [0.2, 0.25) is 0 Å². The molecule has 0 aliphatic carbocycles. The van der Waals surface area contributed by atoms with Crippen molar-refractivity contribution < 1.29 is 0 Å². The Balaban J connectivity index is -0.0000000214. The van der Waals surface area contributed by atoms with Gasteiger partial charge in [0.25, 0.3) is 0 Å². The van der Waals surface area contributed by atoms with E-state index in [-0.39, 0.29) is 0 Å². The van der Waals surface area contributed by atoms with Gasteiger partial charge in [-0.25, -0.2) is 0 Å². The Morgan fingerprint density at radius 3 is 0.875 bits per heavy atom. The Morgan fingerprint density at radius 2 is 0.875 bits per heavy atom. The molecule has 0 N–H and O–H groups in total. The lowest BCUT2D eigenvalue weighted by molar-refractivity contribution is 0.576. The van der Waals surface area contributed by atoms with Crippen LogP contribution in [0.15, 0.2) is 13.2 Å². The molecule has 16 heavy (non-hydrogen) atoms. The second kappa shape index (κ2) is 124. The van der Waals surface area contributed by atoms with Crippen molar-refractivity contribution in [3.05, 3.63) is 13.2 Å². The minimum absolute atomic E-state index is 0.898. The van der Waals surface area contributed by atoms with Crippen molar-refractivity contribution in [2.75, 3.05) is 0 Å². The molecule has 0 unspecified atom stereocenters. The van der Waals surface area contributed by atoms with Gasteiger partial charge in [-0.05, 0) is 5.92 Å². The molecule has 0 aromatic rings. The Bertz CT molecular complexity index is 29.0. The highest BCUT2D eigenvalue weighted by Gasteiger charge is 1.85. The van der Waals surface area contributed by atoms with E-state index in [9.17, 15) is 0 Å². The van der Waals surface area contributed by atoms with Gasteiger partial charge in [0.2, 0.25) is 0 Å². The Kier molecular flexibility index (Phi) is 279. The van der Waals surface area contributed by atoms with Crippen LogP contribution in [0, 0.1) is 5.92 Å². The van der Waals surface area contributed by atoms with E-state index in [0.717, 1.165) is 5.92 Å². The van der Waals surface area contributed by atoms with Crippen molar-refractivity contribution >= 4 is 0 Å². The molecule has 106 valence electrons. The first-order valence-corrected chi connectivity index (χ1v) is 7.27. The zero-order chi connectivity index (χ0) is 15.0. The van der Waals surface area contributed by atoms with Crippen LogP contribution in [-0.4, -0.2) is 0 Å². The van der Waals surface area contributed by atoms with Crippen molar-refractivity contribution in [3.63, 3.8) is 0 Å². The first-order valence-electron chi connectivity index (χ1n) is 7.27. The number of hydrogen-bond acceptors (Lipinski definition) is 0. The van der Waals surface area contributed by atoms with Crippen LogP contribution >= 0.6 is 0 Å². The summed E-state index contributed by atoms with van der Waals surface area (Å²) in [5, 5.41) is 0. The van der Waals surface area contributed by atoms with E-state index in [2.05, 4.69) is 33.9 Å². The van der Waals surface area contributed by atoms with Crippen LogP contribution in [0.4, 0.5) is 0 Å². The summed E-state index contributed by atoms with van der Waals surface area (Å²) >= 11 is 0. The van der Waals surface area contributed by atoms with Gasteiger partial charge in [-0.3, -0.25) is 0 Å². The predicted molar refractivity (Wildman–Crippen MR) is 86.4 cm³/mol. The van der Waals surface area contributed by atoms with E-state index in [1.807, 2.05) is 55.4 Å². The van der Waals surface area contributed by atoms with Crippen LogP contribution in [-0.2, 0) is 0 Å². The van der Waals surface area contributed by atoms with Gasteiger partial charge >= 0.3 is 0 Å². The van der Waals surface area contributed by atoms with Gasteiger partial charge < -0.3 is 0 Å². The normalized spacial score (nSPS) is 5.50. The molecule has 0 aliphatic heterocycles. The van der Waals surface area contributed by atoms with Crippen molar-refractivity contribution in [1.29, 1.82) is 0 Å². The van der Waals surface area contributed by atoms with Gasteiger partial charge in [-0.2, -0.15) is 0 Å². The molecule has 0 atom stereocenters. The first-order chi connectivity index (χ1) is 7.77. The van der Waals surface area contributed by atoms with Crippen molar-refractivity contribution in [1.82, 2.24) is 0 Å². The van der Waals surface area contributed by atoms with Gasteiger partial charge in [0.15, 0.2) is 0 Å². The second-order valence-corrected chi connectivity index (χ2v) is 2.18. The maximum absolute atomic E-state index is 3.00. The van der Waals surface area contributed by atoms with E-state index in [0.29, 0.717) is 0 Å². The SMILES string of the molecule is C=C.CC.CC.CC.CC.CCCC(C)C. The van der Waals surface area contributed by atoms with Gasteiger partial charge in [0.05, 0.1) is 0 Å². The Hall–Kier alpha value is -0.260. The van der Waals surface area contributed by atoms with Crippen LogP contribution in [0.1, 0.15) is 89.0 Å². The second-order valence-electron chi connectivity index (χ2n) is 2.18. The Morgan fingerprint density at radius 1 is 0.688 bits per heavy atom. The summed E-state index contributed by atoms with van der Waals surface area (Å²) in [6.45, 7) is 28.7. The van der Waals surface area contributed by atoms with Crippen LogP contribution in [0.5, 0.6) is 0 Å². The van der Waals surface area contributed by atoms with Crippen molar-refractivity contribution in [2.24, 2.45) is 5.92 Å². The molecule has 0 spiro atoms. The molecule has 0 aliphatic rings. The molecule has 0 radical (unpaired) electrons. The average Bonchev–Trinajstić information content (AvgIpc) is 2.41. The molecule has 0 fully saturated rings. The largest absolute Gasteiger partial charge is 0.106 e. The third-order valence-electron chi connectivity index (χ3n) is 0.866. The fraction of sp³-hybridized carbons (Fsp3) is 0.875. The van der Waals surface area contributed by atoms with E-state index in [4.69, 9.17) is 0 Å². The first kappa shape index (κ1) is 36.0. The van der Waals surface area contributed by atoms with Crippen LogP contribution in [0.25, 0.3) is 0 Å². The molecule has 0 nitrogen and oxygen atoms in total. The van der Waals surface area contributed by atoms with Gasteiger partial charge in [-0.1, -0.05) is 89.0 Å². The molecule has 0 bridgehead atoms. The maximum atomic E-state index is 3.00. The molecule has 0 amide bonds. The minimum Gasteiger partial charge on any atom is -0.106 e. The topological polar surface area (TPSA) is 0 Å². The fourth-order valence-electron chi connectivity index (χ4n) is 0.577. The molecule has 0 saturated heterocycles. The standard InChI is InChI=1S/C6H14.4C2H6.C2H4/c1-4-5-6(2)3;5*1-2/h6H,4-5H2,1-3H3;4*1-2H3;1-2H2. The van der Waals surface area contributed by atoms with Gasteiger partial charge in [-0.15, -0.1) is 13.2 Å². The van der Waals surface area contributed by atoms with Crippen molar-refractivity contribution in [3.8, 4) is 0 Å². The number of hydrogen-bond donors (Lipinski definition) is 0. The summed E-state index contributed by atoms with van der Waals surface area (Å²) in [4.78, 5) is 0. The van der Waals surface area contributed by atoms with Crippen molar-refractivity contribution in [2.45, 2.75) is 89.0 Å². The van der Waals surface area contributed by atoms with E-state index >= 15 is 0 Å². The monoisotopic (exact) mass is 234 g/mol. The summed E-state index contributed by atoms with van der Waals surface area (Å²) in [5.74, 6) is 0.898. The predicted octanol–water partition coefficient (Wildman–Crippen LogP) is 7.35. The Labute approximate surface area is 109 Å². The highest BCUT2D eigenvalue weighted by Crippen LogP contribution is 2.00. The molecular formula is C16H42. The van der Waals surface area contributed by atoms with Gasteiger partial charge in [0.1, 0.15) is 0 Å².